The maximum atomic E-state index is 12.7. The molecular formula is C17H16N2O7S. The van der Waals surface area contributed by atoms with Crippen LogP contribution in [0.5, 0.6) is 0 Å². The van der Waals surface area contributed by atoms with E-state index in [1.807, 2.05) is 5.32 Å². The molecule has 2 amide bonds. The molecule has 0 spiro atoms. The number of rotatable bonds is 5. The average molecular weight is 392 g/mol. The summed E-state index contributed by atoms with van der Waals surface area (Å²) in [6, 6.07) is 9.93. The van der Waals surface area contributed by atoms with Crippen LogP contribution in [0, 0.1) is 0 Å². The van der Waals surface area contributed by atoms with Crippen LogP contribution >= 0.6 is 0 Å². The lowest BCUT2D eigenvalue weighted by atomic mass is 10.1. The highest BCUT2D eigenvalue weighted by Gasteiger charge is 2.37. The fourth-order valence-electron chi connectivity index (χ4n) is 2.75. The number of carbonyl (C=O) groups is 3. The normalized spacial score (nSPS) is 14.0. The van der Waals surface area contributed by atoms with Gasteiger partial charge in [0.25, 0.3) is 15.9 Å². The van der Waals surface area contributed by atoms with Crippen molar-refractivity contribution in [3.05, 3.63) is 36.4 Å². The van der Waals surface area contributed by atoms with Gasteiger partial charge in [0.05, 0.1) is 17.2 Å². The second kappa shape index (κ2) is 7.23. The molecule has 9 nitrogen and oxygen atoms in total. The molecule has 0 atom stereocenters. The van der Waals surface area contributed by atoms with Gasteiger partial charge in [-0.1, -0.05) is 24.3 Å². The predicted molar refractivity (Wildman–Crippen MR) is 94.6 cm³/mol. The Labute approximate surface area is 154 Å². The van der Waals surface area contributed by atoms with Crippen LogP contribution < -0.4 is 9.62 Å². The van der Waals surface area contributed by atoms with Crippen LogP contribution in [-0.4, -0.2) is 46.1 Å². The highest BCUT2D eigenvalue weighted by Crippen LogP contribution is 2.41. The maximum Gasteiger partial charge on any atom is 0.413 e. The molecule has 10 heteroatoms. The Kier molecular flexibility index (Phi) is 5.00. The van der Waals surface area contributed by atoms with E-state index in [1.54, 1.807) is 37.3 Å². The number of benzene rings is 2. The summed E-state index contributed by atoms with van der Waals surface area (Å²) in [5, 5.41) is 3.14. The van der Waals surface area contributed by atoms with Crippen molar-refractivity contribution in [1.29, 1.82) is 0 Å². The summed E-state index contributed by atoms with van der Waals surface area (Å²) < 4.78 is 35.7. The van der Waals surface area contributed by atoms with Crippen molar-refractivity contribution in [3.63, 3.8) is 0 Å². The zero-order valence-electron chi connectivity index (χ0n) is 14.3. The van der Waals surface area contributed by atoms with Gasteiger partial charge in [0.1, 0.15) is 6.54 Å². The van der Waals surface area contributed by atoms with E-state index in [2.05, 4.69) is 4.74 Å². The maximum absolute atomic E-state index is 12.7. The fraction of sp³-hybridized carbons (Fsp3) is 0.235. The second-order valence-corrected chi connectivity index (χ2v) is 7.40. The van der Waals surface area contributed by atoms with Crippen LogP contribution in [0.2, 0.25) is 0 Å². The van der Waals surface area contributed by atoms with Crippen molar-refractivity contribution >= 4 is 44.5 Å². The van der Waals surface area contributed by atoms with Gasteiger partial charge in [-0.25, -0.2) is 13.2 Å². The Morgan fingerprint density at radius 2 is 1.78 bits per heavy atom. The Bertz CT molecular complexity index is 1030. The number of sulfonamides is 1. The quantitative estimate of drug-likeness (QED) is 0.759. The molecule has 1 N–H and O–H groups in total. The van der Waals surface area contributed by atoms with Crippen molar-refractivity contribution in [2.45, 2.75) is 11.8 Å². The fourth-order valence-corrected chi connectivity index (χ4v) is 4.41. The second-order valence-electron chi connectivity index (χ2n) is 5.57. The number of anilines is 1. The Morgan fingerprint density at radius 1 is 1.07 bits per heavy atom. The smallest absolute Gasteiger partial charge is 0.413 e. The molecule has 1 heterocycles. The van der Waals surface area contributed by atoms with Gasteiger partial charge < -0.3 is 9.47 Å². The number of imide groups is 1. The summed E-state index contributed by atoms with van der Waals surface area (Å²) in [6.45, 7) is 0.322. The molecule has 0 aromatic heterocycles. The molecular weight excluding hydrogens is 376 g/mol. The molecule has 0 unspecified atom stereocenters. The molecule has 1 aliphatic heterocycles. The Hall–Kier alpha value is -3.14. The standard InChI is InChI=1S/C17H16N2O7S/c1-2-25-17(22)18-14(20)10-26-15(21)9-19-12-7-3-5-11-6-4-8-13(16(11)12)27(19,23)24/h3-8H,2,9-10H2,1H3,(H,18,20,22). The molecule has 1 aliphatic rings. The largest absolute Gasteiger partial charge is 0.454 e. The van der Waals surface area contributed by atoms with E-state index in [0.29, 0.717) is 11.1 Å². The highest BCUT2D eigenvalue weighted by molar-refractivity contribution is 7.93. The van der Waals surface area contributed by atoms with Gasteiger partial charge in [-0.3, -0.25) is 19.2 Å². The van der Waals surface area contributed by atoms with Gasteiger partial charge in [-0.05, 0) is 24.4 Å². The highest BCUT2D eigenvalue weighted by atomic mass is 32.2. The summed E-state index contributed by atoms with van der Waals surface area (Å²) in [5.74, 6) is -1.81. The molecule has 0 saturated carbocycles. The van der Waals surface area contributed by atoms with E-state index in [9.17, 15) is 22.8 Å². The molecule has 0 aliphatic carbocycles. The summed E-state index contributed by atoms with van der Waals surface area (Å²) in [7, 11) is -3.90. The first kappa shape index (κ1) is 18.6. The third kappa shape index (κ3) is 3.56. The van der Waals surface area contributed by atoms with Gasteiger partial charge in [0.2, 0.25) is 0 Å². The average Bonchev–Trinajstić information content (AvgIpc) is 2.84. The monoisotopic (exact) mass is 392 g/mol. The minimum Gasteiger partial charge on any atom is -0.454 e. The number of hydrogen-bond acceptors (Lipinski definition) is 7. The van der Waals surface area contributed by atoms with Crippen LogP contribution in [0.3, 0.4) is 0 Å². The lowest BCUT2D eigenvalue weighted by molar-refractivity contribution is -0.146. The molecule has 142 valence electrons. The number of carbonyl (C=O) groups excluding carboxylic acids is 3. The minimum absolute atomic E-state index is 0.0812. The zero-order chi connectivity index (χ0) is 19.6. The first-order valence-electron chi connectivity index (χ1n) is 8.01. The predicted octanol–water partition coefficient (Wildman–Crippen LogP) is 1.16. The third-order valence-corrected chi connectivity index (χ3v) is 5.64. The molecule has 0 saturated heterocycles. The number of alkyl carbamates (subject to hydrolysis) is 1. The van der Waals surface area contributed by atoms with E-state index in [4.69, 9.17) is 4.74 Å². The summed E-state index contributed by atoms with van der Waals surface area (Å²) in [6.07, 6.45) is -0.956. The van der Waals surface area contributed by atoms with Crippen LogP contribution in [0.4, 0.5) is 10.5 Å². The Morgan fingerprint density at radius 3 is 2.48 bits per heavy atom. The molecule has 27 heavy (non-hydrogen) atoms. The van der Waals surface area contributed by atoms with Crippen molar-refractivity contribution < 1.29 is 32.3 Å². The molecule has 0 radical (unpaired) electrons. The summed E-state index contributed by atoms with van der Waals surface area (Å²) in [4.78, 5) is 34.8. The van der Waals surface area contributed by atoms with E-state index in [-0.39, 0.29) is 11.5 Å². The number of nitrogens with one attached hydrogen (secondary N) is 1. The lowest BCUT2D eigenvalue weighted by Crippen LogP contribution is -2.37. The first-order chi connectivity index (χ1) is 12.8. The van der Waals surface area contributed by atoms with Crippen molar-refractivity contribution in [3.8, 4) is 0 Å². The number of ether oxygens (including phenoxy) is 2. The van der Waals surface area contributed by atoms with Crippen LogP contribution in [-0.2, 0) is 29.1 Å². The lowest BCUT2D eigenvalue weighted by Gasteiger charge is -2.17. The molecule has 2 aromatic rings. The van der Waals surface area contributed by atoms with E-state index in [1.165, 1.54) is 6.07 Å². The van der Waals surface area contributed by atoms with E-state index in [0.717, 1.165) is 9.69 Å². The van der Waals surface area contributed by atoms with Gasteiger partial charge in [-0.2, -0.15) is 0 Å². The SMILES string of the molecule is CCOC(=O)NC(=O)COC(=O)CN1c2cccc3cccc(c23)S1(=O)=O. The minimum atomic E-state index is -3.90. The van der Waals surface area contributed by atoms with Gasteiger partial charge >= 0.3 is 12.1 Å². The van der Waals surface area contributed by atoms with Crippen LogP contribution in [0.1, 0.15) is 6.92 Å². The first-order valence-corrected chi connectivity index (χ1v) is 9.45. The number of esters is 1. The number of hydrogen-bond donors (Lipinski definition) is 1. The summed E-state index contributed by atoms with van der Waals surface area (Å²) in [5.41, 5.74) is 0.371. The number of amides is 2. The third-order valence-electron chi connectivity index (χ3n) is 3.84. The number of nitrogens with zero attached hydrogens (tertiary/aromatic N) is 1. The van der Waals surface area contributed by atoms with Crippen molar-refractivity contribution in [2.24, 2.45) is 0 Å². The van der Waals surface area contributed by atoms with Gasteiger partial charge in [-0.15, -0.1) is 0 Å². The zero-order valence-corrected chi connectivity index (χ0v) is 15.1. The molecule has 0 bridgehead atoms. The molecule has 3 rings (SSSR count). The van der Waals surface area contributed by atoms with Gasteiger partial charge in [0, 0.05) is 5.39 Å². The van der Waals surface area contributed by atoms with E-state index >= 15 is 0 Å². The van der Waals surface area contributed by atoms with Crippen molar-refractivity contribution in [1.82, 2.24) is 5.32 Å². The van der Waals surface area contributed by atoms with E-state index < -0.39 is 41.1 Å². The Balaban J connectivity index is 1.70. The summed E-state index contributed by atoms with van der Waals surface area (Å²) >= 11 is 0. The molecule has 0 fully saturated rings. The van der Waals surface area contributed by atoms with Gasteiger partial charge in [0.15, 0.2) is 6.61 Å². The topological polar surface area (TPSA) is 119 Å². The van der Waals surface area contributed by atoms with Crippen LogP contribution in [0.25, 0.3) is 10.8 Å². The van der Waals surface area contributed by atoms with Crippen molar-refractivity contribution in [2.75, 3.05) is 24.1 Å². The molecule has 2 aromatic carbocycles. The van der Waals surface area contributed by atoms with Crippen LogP contribution in [0.15, 0.2) is 41.3 Å².